The second-order valence-electron chi connectivity index (χ2n) is 5.30. The lowest BCUT2D eigenvalue weighted by Crippen LogP contribution is -2.36. The van der Waals surface area contributed by atoms with Crippen LogP contribution >= 0.6 is 0 Å². The van der Waals surface area contributed by atoms with E-state index in [0.29, 0.717) is 12.2 Å². The van der Waals surface area contributed by atoms with E-state index in [0.717, 1.165) is 16.8 Å². The minimum atomic E-state index is -0.454. The summed E-state index contributed by atoms with van der Waals surface area (Å²) >= 11 is 0. The van der Waals surface area contributed by atoms with Crippen LogP contribution < -0.4 is 4.90 Å². The van der Waals surface area contributed by atoms with E-state index in [1.54, 1.807) is 24.0 Å². The zero-order valence-corrected chi connectivity index (χ0v) is 12.7. The molecule has 0 aromatic heterocycles. The van der Waals surface area contributed by atoms with Crippen molar-refractivity contribution in [2.24, 2.45) is 4.99 Å². The van der Waals surface area contributed by atoms with Crippen molar-refractivity contribution < 1.29 is 9.90 Å². The summed E-state index contributed by atoms with van der Waals surface area (Å²) in [5.41, 5.74) is 3.32. The summed E-state index contributed by atoms with van der Waals surface area (Å²) in [6.45, 7) is 4.27. The fraction of sp³-hybridized carbons (Fsp3) is 0.222. The molecule has 0 saturated heterocycles. The van der Waals surface area contributed by atoms with Crippen molar-refractivity contribution in [2.45, 2.75) is 19.9 Å². The molecule has 1 atom stereocenters. The fourth-order valence-electron chi connectivity index (χ4n) is 2.76. The van der Waals surface area contributed by atoms with Gasteiger partial charge in [-0.25, -0.2) is 0 Å². The van der Waals surface area contributed by atoms with Crippen LogP contribution in [0.25, 0.3) is 0 Å². The highest BCUT2D eigenvalue weighted by atomic mass is 16.3. The van der Waals surface area contributed by atoms with Gasteiger partial charge in [-0.15, -0.1) is 0 Å². The van der Waals surface area contributed by atoms with Gasteiger partial charge >= 0.3 is 0 Å². The number of fused-ring (bicyclic) bond motifs is 1. The first-order chi connectivity index (χ1) is 10.6. The minimum Gasteiger partial charge on any atom is -0.508 e. The van der Waals surface area contributed by atoms with Crippen LogP contribution in [0.1, 0.15) is 25.0 Å². The van der Waals surface area contributed by atoms with Crippen LogP contribution in [0.4, 0.5) is 5.69 Å². The first-order valence-electron chi connectivity index (χ1n) is 7.39. The van der Waals surface area contributed by atoms with Crippen LogP contribution in [0.5, 0.6) is 5.75 Å². The zero-order chi connectivity index (χ0) is 15.7. The lowest BCUT2D eigenvalue weighted by Gasteiger charge is -2.22. The molecule has 3 rings (SSSR count). The second kappa shape index (κ2) is 5.64. The maximum absolute atomic E-state index is 12.6. The lowest BCUT2D eigenvalue weighted by molar-refractivity contribution is -0.119. The van der Waals surface area contributed by atoms with E-state index in [9.17, 15) is 9.90 Å². The number of likely N-dealkylation sites (N-methyl/N-ethyl adjacent to an activating group) is 1. The highest BCUT2D eigenvalue weighted by molar-refractivity contribution is 6.20. The fourth-order valence-corrected chi connectivity index (χ4v) is 2.76. The summed E-state index contributed by atoms with van der Waals surface area (Å²) in [7, 11) is 0. The molecule has 0 aliphatic carbocycles. The molecule has 1 heterocycles. The Morgan fingerprint density at radius 3 is 2.59 bits per heavy atom. The molecule has 0 spiro atoms. The van der Waals surface area contributed by atoms with Gasteiger partial charge in [0.25, 0.3) is 5.91 Å². The molecule has 2 aromatic rings. The third kappa shape index (κ3) is 2.37. The molecular formula is C18H18N2O2. The van der Waals surface area contributed by atoms with E-state index in [2.05, 4.69) is 4.99 Å². The van der Waals surface area contributed by atoms with Crippen molar-refractivity contribution in [3.8, 4) is 5.75 Å². The Morgan fingerprint density at radius 1 is 1.18 bits per heavy atom. The van der Waals surface area contributed by atoms with E-state index < -0.39 is 6.04 Å². The van der Waals surface area contributed by atoms with Gasteiger partial charge in [0, 0.05) is 23.7 Å². The van der Waals surface area contributed by atoms with Gasteiger partial charge in [0.15, 0.2) is 0 Å². The van der Waals surface area contributed by atoms with E-state index in [1.165, 1.54) is 0 Å². The number of nitrogens with zero attached hydrogens (tertiary/aromatic N) is 2. The van der Waals surface area contributed by atoms with Gasteiger partial charge in [0.1, 0.15) is 11.8 Å². The van der Waals surface area contributed by atoms with Crippen LogP contribution in [-0.4, -0.2) is 29.3 Å². The zero-order valence-electron chi connectivity index (χ0n) is 12.7. The summed E-state index contributed by atoms with van der Waals surface area (Å²) in [5, 5.41) is 9.82. The minimum absolute atomic E-state index is 0.0553. The quantitative estimate of drug-likeness (QED) is 0.925. The van der Waals surface area contributed by atoms with Crippen LogP contribution in [0.2, 0.25) is 0 Å². The average molecular weight is 294 g/mol. The lowest BCUT2D eigenvalue weighted by atomic mass is 10.00. The molecule has 1 unspecified atom stereocenters. The maximum atomic E-state index is 12.6. The second-order valence-corrected chi connectivity index (χ2v) is 5.30. The topological polar surface area (TPSA) is 52.9 Å². The largest absolute Gasteiger partial charge is 0.508 e. The Bertz CT molecular complexity index is 738. The number of rotatable bonds is 2. The SMILES string of the molecule is CCN1C(=O)C(C)N=C(c2ccccc2)c2ccc(O)cc21. The molecule has 0 bridgehead atoms. The molecule has 1 N–H and O–H groups in total. The van der Waals surface area contributed by atoms with Gasteiger partial charge in [0.05, 0.1) is 11.4 Å². The predicted octanol–water partition coefficient (Wildman–Crippen LogP) is 2.98. The molecule has 22 heavy (non-hydrogen) atoms. The molecule has 0 saturated carbocycles. The van der Waals surface area contributed by atoms with E-state index >= 15 is 0 Å². The van der Waals surface area contributed by atoms with E-state index in [1.807, 2.05) is 43.3 Å². The standard InChI is InChI=1S/C18H18N2O2/c1-3-20-16-11-14(21)9-10-15(16)17(19-12(2)18(20)22)13-7-5-4-6-8-13/h4-12,21H,3H2,1-2H3. The summed E-state index contributed by atoms with van der Waals surface area (Å²) in [6.07, 6.45) is 0. The molecule has 112 valence electrons. The van der Waals surface area contributed by atoms with Gasteiger partial charge < -0.3 is 10.0 Å². The maximum Gasteiger partial charge on any atom is 0.251 e. The number of amides is 1. The molecule has 2 aromatic carbocycles. The van der Waals surface area contributed by atoms with Gasteiger partial charge in [-0.1, -0.05) is 30.3 Å². The summed E-state index contributed by atoms with van der Waals surface area (Å²) in [4.78, 5) is 18.9. The molecular weight excluding hydrogens is 276 g/mol. The van der Waals surface area contributed by atoms with E-state index in [-0.39, 0.29) is 11.7 Å². The van der Waals surface area contributed by atoms with Gasteiger partial charge in [-0.05, 0) is 26.0 Å². The summed E-state index contributed by atoms with van der Waals surface area (Å²) in [5.74, 6) is 0.0900. The van der Waals surface area contributed by atoms with Crippen molar-refractivity contribution in [1.29, 1.82) is 0 Å². The van der Waals surface area contributed by atoms with Crippen molar-refractivity contribution in [3.63, 3.8) is 0 Å². The highest BCUT2D eigenvalue weighted by Gasteiger charge is 2.28. The van der Waals surface area contributed by atoms with Crippen LogP contribution in [0.3, 0.4) is 0 Å². The van der Waals surface area contributed by atoms with Crippen molar-refractivity contribution in [3.05, 3.63) is 59.7 Å². The van der Waals surface area contributed by atoms with Gasteiger partial charge in [-0.3, -0.25) is 9.79 Å². The number of benzodiazepines with no additional fused rings is 1. The number of carbonyl (C=O) groups excluding carboxylic acids is 1. The number of hydrogen-bond donors (Lipinski definition) is 1. The first kappa shape index (κ1) is 14.3. The Hall–Kier alpha value is -2.62. The van der Waals surface area contributed by atoms with Gasteiger partial charge in [-0.2, -0.15) is 0 Å². The van der Waals surface area contributed by atoms with Crippen molar-refractivity contribution in [1.82, 2.24) is 0 Å². The molecule has 0 radical (unpaired) electrons. The molecule has 4 heteroatoms. The molecule has 1 aliphatic rings. The Morgan fingerprint density at radius 2 is 1.91 bits per heavy atom. The number of anilines is 1. The Labute approximate surface area is 129 Å². The third-order valence-electron chi connectivity index (χ3n) is 3.84. The number of benzene rings is 2. The molecule has 4 nitrogen and oxygen atoms in total. The molecule has 1 aliphatic heterocycles. The Balaban J connectivity index is 2.26. The van der Waals surface area contributed by atoms with Crippen LogP contribution in [-0.2, 0) is 4.79 Å². The normalized spacial score (nSPS) is 17.7. The number of carbonyl (C=O) groups is 1. The Kier molecular flexibility index (Phi) is 3.67. The first-order valence-corrected chi connectivity index (χ1v) is 7.39. The van der Waals surface area contributed by atoms with E-state index in [4.69, 9.17) is 0 Å². The number of aliphatic imine (C=N–C) groups is 1. The number of aromatic hydroxyl groups is 1. The molecule has 1 amide bonds. The summed E-state index contributed by atoms with van der Waals surface area (Å²) < 4.78 is 0. The van der Waals surface area contributed by atoms with Crippen LogP contribution in [0.15, 0.2) is 53.5 Å². The predicted molar refractivity (Wildman–Crippen MR) is 87.7 cm³/mol. The van der Waals surface area contributed by atoms with Crippen LogP contribution in [0, 0.1) is 0 Å². The van der Waals surface area contributed by atoms with Gasteiger partial charge in [0.2, 0.25) is 0 Å². The monoisotopic (exact) mass is 294 g/mol. The highest BCUT2D eigenvalue weighted by Crippen LogP contribution is 2.31. The molecule has 0 fully saturated rings. The van der Waals surface area contributed by atoms with Crippen molar-refractivity contribution >= 4 is 17.3 Å². The number of phenolic OH excluding ortho intramolecular Hbond substituents is 1. The average Bonchev–Trinajstić information content (AvgIpc) is 2.63. The number of hydrogen-bond acceptors (Lipinski definition) is 3. The van der Waals surface area contributed by atoms with Crippen molar-refractivity contribution in [2.75, 3.05) is 11.4 Å². The summed E-state index contributed by atoms with van der Waals surface area (Å²) in [6, 6.07) is 14.4. The third-order valence-corrected chi connectivity index (χ3v) is 3.84. The smallest absolute Gasteiger partial charge is 0.251 e. The number of phenols is 1.